The van der Waals surface area contributed by atoms with Crippen LogP contribution in [0.15, 0.2) is 194 Å². The Kier molecular flexibility index (Phi) is 21.3. The Labute approximate surface area is 476 Å². The molecule has 0 spiro atoms. The summed E-state index contributed by atoms with van der Waals surface area (Å²) in [6.45, 7) is 5.59. The molecule has 0 fully saturated rings. The van der Waals surface area contributed by atoms with E-state index in [1.807, 2.05) is 0 Å². The highest BCUT2D eigenvalue weighted by atomic mass is 16.6. The highest BCUT2D eigenvalue weighted by molar-refractivity contribution is 5.96. The van der Waals surface area contributed by atoms with Crippen molar-refractivity contribution >= 4 is 35.8 Å². The summed E-state index contributed by atoms with van der Waals surface area (Å²) in [5.41, 5.74) is 2.96. The number of unbranched alkanes of at least 4 members (excludes halogenated alkanes) is 8. The first-order chi connectivity index (χ1) is 40.0. The van der Waals surface area contributed by atoms with Gasteiger partial charge in [-0.25, -0.2) is 28.8 Å². The number of benzene rings is 8. The molecule has 0 amide bonds. The number of carbonyl (C=O) groups excluding carboxylic acids is 6. The van der Waals surface area contributed by atoms with Gasteiger partial charge in [0.2, 0.25) is 0 Å². The summed E-state index contributed by atoms with van der Waals surface area (Å²) in [4.78, 5) is 78.0. The fourth-order valence-electron chi connectivity index (χ4n) is 8.28. The Morgan fingerprint density at radius 2 is 0.512 bits per heavy atom. The Hall–Kier alpha value is -9.82. The van der Waals surface area contributed by atoms with Gasteiger partial charge in [0.15, 0.2) is 0 Å². The van der Waals surface area contributed by atoms with Crippen LogP contribution in [0.3, 0.4) is 0 Å². The predicted octanol–water partition coefficient (Wildman–Crippen LogP) is 15.4. The van der Waals surface area contributed by atoms with E-state index in [-0.39, 0.29) is 56.8 Å². The number of hydrogen-bond acceptors (Lipinski definition) is 14. The van der Waals surface area contributed by atoms with Gasteiger partial charge < -0.3 is 37.9 Å². The van der Waals surface area contributed by atoms with Crippen LogP contribution in [-0.2, 0) is 0 Å². The van der Waals surface area contributed by atoms with Crippen LogP contribution in [0.1, 0.15) is 140 Å². The van der Waals surface area contributed by atoms with Crippen molar-refractivity contribution in [1.29, 1.82) is 0 Å². The molecule has 0 unspecified atom stereocenters. The maximum Gasteiger partial charge on any atom is 0.343 e. The minimum atomic E-state index is -0.687. The zero-order valence-electron chi connectivity index (χ0n) is 45.7. The molecule has 14 nitrogen and oxygen atoms in total. The number of ether oxygens (including phenoxy) is 8. The summed E-state index contributed by atoms with van der Waals surface area (Å²) >= 11 is 0. The van der Waals surface area contributed by atoms with Crippen molar-refractivity contribution in [3.8, 4) is 57.1 Å². The molecule has 8 rings (SSSR count). The van der Waals surface area contributed by atoms with Crippen molar-refractivity contribution in [1.82, 2.24) is 0 Å². The van der Waals surface area contributed by atoms with Crippen molar-refractivity contribution in [2.45, 2.75) is 78.1 Å². The maximum absolute atomic E-state index is 13.2. The van der Waals surface area contributed by atoms with E-state index in [2.05, 4.69) is 13.8 Å². The van der Waals surface area contributed by atoms with Gasteiger partial charge in [-0.15, -0.1) is 0 Å². The summed E-state index contributed by atoms with van der Waals surface area (Å²) in [6, 6.07) is 51.0. The van der Waals surface area contributed by atoms with Crippen LogP contribution in [0, 0.1) is 0 Å². The second-order valence-electron chi connectivity index (χ2n) is 19.1. The molecule has 0 N–H and O–H groups in total. The molecule has 0 heterocycles. The van der Waals surface area contributed by atoms with E-state index in [4.69, 9.17) is 37.9 Å². The van der Waals surface area contributed by atoms with Crippen LogP contribution in [0.5, 0.6) is 46.0 Å². The molecule has 0 aliphatic carbocycles. The third-order valence-corrected chi connectivity index (χ3v) is 12.8. The lowest BCUT2D eigenvalue weighted by Crippen LogP contribution is -2.12. The summed E-state index contributed by atoms with van der Waals surface area (Å²) in [5, 5.41) is 0. The molecule has 0 aliphatic heterocycles. The van der Waals surface area contributed by atoms with Crippen LogP contribution >= 0.6 is 0 Å². The van der Waals surface area contributed by atoms with Gasteiger partial charge >= 0.3 is 35.8 Å². The van der Waals surface area contributed by atoms with Crippen molar-refractivity contribution in [3.05, 3.63) is 228 Å². The Morgan fingerprint density at radius 3 is 0.817 bits per heavy atom. The zero-order chi connectivity index (χ0) is 57.5. The quantitative estimate of drug-likeness (QED) is 0.0270. The summed E-state index contributed by atoms with van der Waals surface area (Å²) < 4.78 is 44.9. The van der Waals surface area contributed by atoms with E-state index in [0.29, 0.717) is 35.8 Å². The van der Waals surface area contributed by atoms with E-state index < -0.39 is 35.8 Å². The normalized spacial score (nSPS) is 10.7. The van der Waals surface area contributed by atoms with Crippen LogP contribution < -0.4 is 37.9 Å². The third kappa shape index (κ3) is 17.6. The van der Waals surface area contributed by atoms with E-state index in [0.717, 1.165) is 36.8 Å². The van der Waals surface area contributed by atoms with Gasteiger partial charge in [-0.2, -0.15) is 0 Å². The van der Waals surface area contributed by atoms with Crippen LogP contribution in [0.4, 0.5) is 0 Å². The molecule has 0 aromatic heterocycles. The van der Waals surface area contributed by atoms with Gasteiger partial charge in [0.1, 0.15) is 46.0 Å². The van der Waals surface area contributed by atoms with E-state index in [9.17, 15) is 28.8 Å². The van der Waals surface area contributed by atoms with Crippen molar-refractivity contribution in [2.24, 2.45) is 0 Å². The summed E-state index contributed by atoms with van der Waals surface area (Å²) in [5.74, 6) is -1.22. The zero-order valence-corrected chi connectivity index (χ0v) is 45.7. The lowest BCUT2D eigenvalue weighted by Gasteiger charge is -2.10. The van der Waals surface area contributed by atoms with Crippen LogP contribution in [0.2, 0.25) is 0 Å². The van der Waals surface area contributed by atoms with E-state index in [1.54, 1.807) is 109 Å². The Bertz CT molecular complexity index is 3180. The lowest BCUT2D eigenvalue weighted by molar-refractivity contribution is 0.0713. The second kappa shape index (κ2) is 30.0. The minimum absolute atomic E-state index is 0.118. The highest BCUT2D eigenvalue weighted by Crippen LogP contribution is 2.28. The molecule has 0 aliphatic rings. The molecule has 0 radical (unpaired) electrons. The van der Waals surface area contributed by atoms with Crippen LogP contribution in [0.25, 0.3) is 11.1 Å². The molecule has 0 saturated heterocycles. The fourth-order valence-corrected chi connectivity index (χ4v) is 8.28. The highest BCUT2D eigenvalue weighted by Gasteiger charge is 2.18. The summed E-state index contributed by atoms with van der Waals surface area (Å²) in [7, 11) is 0. The third-order valence-electron chi connectivity index (χ3n) is 12.8. The van der Waals surface area contributed by atoms with E-state index in [1.165, 1.54) is 123 Å². The monoisotopic (exact) mass is 1100 g/mol. The number of carbonyl (C=O) groups is 6. The first kappa shape index (κ1) is 58.3. The molecular formula is C68H62O14. The number of hydrogen-bond donors (Lipinski definition) is 0. The SMILES string of the molecule is CCCCCCCOc1ccc(C(=O)Oc2ccc(C(=O)Oc3cccc(C(=O)Oc4ccc(-c5ccc(OC(=O)c6cccc(OC(=O)c7ccc(OC(=O)c8ccc(OCCCCCCC)cc8)cc7)c6)cc5)cc4)c3)cc2)cc1. The smallest absolute Gasteiger partial charge is 0.343 e. The molecule has 0 saturated carbocycles. The number of rotatable bonds is 27. The first-order valence-electron chi connectivity index (χ1n) is 27.4. The summed E-state index contributed by atoms with van der Waals surface area (Å²) in [6.07, 6.45) is 11.4. The molecule has 14 heteroatoms. The fraction of sp³-hybridized carbons (Fsp3) is 0.206. The van der Waals surface area contributed by atoms with Gasteiger partial charge in [-0.1, -0.05) is 102 Å². The standard InChI is InChI=1S/C68H62O14/c1-3-5-7-9-11-43-75-55-31-23-49(24-32-55)63(69)77-59-39-27-51(28-40-59)65(71)81-61-17-13-15-53(45-61)67(73)79-57-35-19-47(20-36-57)48-21-37-58(38-22-48)80-68(74)54-16-14-18-62(46-54)82-66(72)52-29-41-60(42-30-52)78-64(70)50-25-33-56(34-26-50)76-44-12-10-8-6-4-2/h13-42,45-46H,3-12,43-44H2,1-2H3. The molecule has 8 aromatic carbocycles. The Morgan fingerprint density at radius 1 is 0.256 bits per heavy atom. The van der Waals surface area contributed by atoms with E-state index >= 15 is 0 Å². The topological polar surface area (TPSA) is 176 Å². The van der Waals surface area contributed by atoms with Gasteiger partial charge in [0, 0.05) is 0 Å². The average molecular weight is 1100 g/mol. The van der Waals surface area contributed by atoms with Gasteiger partial charge in [0.05, 0.1) is 46.6 Å². The molecule has 0 atom stereocenters. The number of esters is 6. The molecule has 0 bridgehead atoms. The minimum Gasteiger partial charge on any atom is -0.494 e. The Balaban J connectivity index is 0.756. The first-order valence-corrected chi connectivity index (χ1v) is 27.4. The molecule has 8 aromatic rings. The lowest BCUT2D eigenvalue weighted by atomic mass is 10.1. The predicted molar refractivity (Wildman–Crippen MR) is 309 cm³/mol. The molecule has 82 heavy (non-hydrogen) atoms. The largest absolute Gasteiger partial charge is 0.494 e. The molecular weight excluding hydrogens is 1040 g/mol. The maximum atomic E-state index is 13.2. The van der Waals surface area contributed by atoms with Crippen molar-refractivity contribution in [2.75, 3.05) is 13.2 Å². The van der Waals surface area contributed by atoms with Crippen LogP contribution in [-0.4, -0.2) is 49.0 Å². The van der Waals surface area contributed by atoms with Gasteiger partial charge in [0.25, 0.3) is 0 Å². The van der Waals surface area contributed by atoms with Crippen molar-refractivity contribution in [3.63, 3.8) is 0 Å². The van der Waals surface area contributed by atoms with Gasteiger partial charge in [-0.3, -0.25) is 0 Å². The van der Waals surface area contributed by atoms with Gasteiger partial charge in [-0.05, 0) is 182 Å². The molecule has 418 valence electrons. The van der Waals surface area contributed by atoms with Crippen molar-refractivity contribution < 1.29 is 66.7 Å². The average Bonchev–Trinajstić information content (AvgIpc) is 3.56. The second-order valence-corrected chi connectivity index (χ2v) is 19.1.